The van der Waals surface area contributed by atoms with Crippen LogP contribution in [0.3, 0.4) is 0 Å². The van der Waals surface area contributed by atoms with Crippen molar-refractivity contribution in [2.45, 2.75) is 72.7 Å². The standard InChI is InChI=1S/C27H36N8O3/c1-6-34-19-11-10-17(9-8-13-30-26(37)38-27(3,4)5)15-20(19)35(7-2)21(34)16-31-25(36)22-23(28)33-24-18(32-22)12-14-29-24/h10-12,14-15H,6-9,13,16H2,1-5H3,(H4-,28,29,30,31,32,33,36,37)/p+1. The molecule has 11 heteroatoms. The summed E-state index contributed by atoms with van der Waals surface area (Å²) in [4.78, 5) is 36.4. The fourth-order valence-electron chi connectivity index (χ4n) is 4.58. The van der Waals surface area contributed by atoms with Crippen molar-refractivity contribution in [2.24, 2.45) is 0 Å². The van der Waals surface area contributed by atoms with Crippen molar-refractivity contribution in [1.82, 2.24) is 30.2 Å². The van der Waals surface area contributed by atoms with E-state index in [4.69, 9.17) is 10.5 Å². The monoisotopic (exact) mass is 521 g/mol. The second kappa shape index (κ2) is 11.1. The van der Waals surface area contributed by atoms with E-state index in [2.05, 4.69) is 66.8 Å². The van der Waals surface area contributed by atoms with Gasteiger partial charge in [-0.25, -0.2) is 23.9 Å². The fraction of sp³-hybridized carbons (Fsp3) is 0.444. The minimum atomic E-state index is -0.511. The molecule has 11 nitrogen and oxygen atoms in total. The average molecular weight is 522 g/mol. The first-order chi connectivity index (χ1) is 18.1. The van der Waals surface area contributed by atoms with E-state index in [0.29, 0.717) is 24.3 Å². The number of nitrogens with zero attached hydrogens (tertiary/aromatic N) is 4. The maximum Gasteiger partial charge on any atom is 0.407 e. The minimum absolute atomic E-state index is 0.0858. The average Bonchev–Trinajstić information content (AvgIpc) is 3.43. The number of nitrogens with two attached hydrogens (primary N) is 1. The maximum absolute atomic E-state index is 13.0. The molecule has 0 aliphatic rings. The van der Waals surface area contributed by atoms with E-state index in [1.165, 1.54) is 5.56 Å². The van der Waals surface area contributed by atoms with Crippen LogP contribution in [0.5, 0.6) is 0 Å². The van der Waals surface area contributed by atoms with E-state index in [-0.39, 0.29) is 17.4 Å². The van der Waals surface area contributed by atoms with Gasteiger partial charge in [-0.05, 0) is 71.2 Å². The first-order valence-electron chi connectivity index (χ1n) is 13.0. The van der Waals surface area contributed by atoms with Crippen LogP contribution in [0, 0.1) is 0 Å². The second-order valence-electron chi connectivity index (χ2n) is 10.1. The lowest BCUT2D eigenvalue weighted by Gasteiger charge is -2.19. The smallest absolute Gasteiger partial charge is 0.407 e. The molecule has 1 aromatic carbocycles. The summed E-state index contributed by atoms with van der Waals surface area (Å²) >= 11 is 0. The number of anilines is 1. The molecule has 3 aromatic heterocycles. The summed E-state index contributed by atoms with van der Waals surface area (Å²) in [5, 5.41) is 5.79. The lowest BCUT2D eigenvalue weighted by atomic mass is 10.1. The zero-order valence-electron chi connectivity index (χ0n) is 22.7. The Morgan fingerprint density at radius 2 is 1.95 bits per heavy atom. The second-order valence-corrected chi connectivity index (χ2v) is 10.1. The summed E-state index contributed by atoms with van der Waals surface area (Å²) in [6.45, 7) is 12.1. The number of aromatic nitrogens is 5. The molecule has 0 bridgehead atoms. The number of H-pyrrole nitrogens is 1. The van der Waals surface area contributed by atoms with Gasteiger partial charge in [0, 0.05) is 12.7 Å². The predicted octanol–water partition coefficient (Wildman–Crippen LogP) is 3.21. The number of hydrogen-bond acceptors (Lipinski definition) is 6. The van der Waals surface area contributed by atoms with Gasteiger partial charge in [0.15, 0.2) is 28.2 Å². The molecule has 0 unspecified atom stereocenters. The highest BCUT2D eigenvalue weighted by atomic mass is 16.6. The molecule has 0 spiro atoms. The van der Waals surface area contributed by atoms with Gasteiger partial charge < -0.3 is 26.1 Å². The van der Waals surface area contributed by atoms with Crippen LogP contribution in [0.4, 0.5) is 10.6 Å². The number of fused-ring (bicyclic) bond motifs is 2. The molecule has 0 fully saturated rings. The zero-order valence-corrected chi connectivity index (χ0v) is 22.7. The van der Waals surface area contributed by atoms with Crippen LogP contribution in [0.15, 0.2) is 30.5 Å². The number of imidazole rings is 1. The first kappa shape index (κ1) is 26.9. The van der Waals surface area contributed by atoms with E-state index in [0.717, 1.165) is 42.8 Å². The van der Waals surface area contributed by atoms with E-state index in [1.54, 1.807) is 12.3 Å². The van der Waals surface area contributed by atoms with Gasteiger partial charge in [0.2, 0.25) is 0 Å². The number of alkyl carbamates (subject to hydrolysis) is 1. The quantitative estimate of drug-likeness (QED) is 0.197. The molecule has 38 heavy (non-hydrogen) atoms. The highest BCUT2D eigenvalue weighted by molar-refractivity contribution is 5.98. The van der Waals surface area contributed by atoms with Crippen LogP contribution < -0.4 is 20.9 Å². The number of carbonyl (C=O) groups excluding carboxylic acids is 2. The van der Waals surface area contributed by atoms with Crippen LogP contribution in [-0.4, -0.2) is 43.7 Å². The van der Waals surface area contributed by atoms with Gasteiger partial charge in [-0.15, -0.1) is 0 Å². The molecule has 0 radical (unpaired) electrons. The molecular formula is C27H37N8O3+. The molecule has 0 saturated carbocycles. The third-order valence-electron chi connectivity index (χ3n) is 6.22. The topological polar surface area (TPSA) is 144 Å². The van der Waals surface area contributed by atoms with Crippen molar-refractivity contribution in [3.05, 3.63) is 47.5 Å². The molecule has 0 aliphatic carbocycles. The number of amides is 2. The minimum Gasteiger partial charge on any atom is -0.444 e. The molecule has 3 heterocycles. The molecule has 5 N–H and O–H groups in total. The molecule has 4 rings (SSSR count). The van der Waals surface area contributed by atoms with Crippen molar-refractivity contribution >= 4 is 40.0 Å². The normalized spacial score (nSPS) is 11.7. The predicted molar refractivity (Wildman–Crippen MR) is 146 cm³/mol. The van der Waals surface area contributed by atoms with Crippen molar-refractivity contribution in [3.63, 3.8) is 0 Å². The van der Waals surface area contributed by atoms with Gasteiger partial charge in [-0.3, -0.25) is 4.79 Å². The Morgan fingerprint density at radius 3 is 2.66 bits per heavy atom. The zero-order chi connectivity index (χ0) is 27.4. The Hall–Kier alpha value is -4.15. The number of aryl methyl sites for hydroxylation is 3. The van der Waals surface area contributed by atoms with E-state index >= 15 is 0 Å². The Balaban J connectivity index is 1.48. The summed E-state index contributed by atoms with van der Waals surface area (Å²) in [5.74, 6) is 0.700. The van der Waals surface area contributed by atoms with Crippen LogP contribution in [0.25, 0.3) is 22.2 Å². The number of carbonyl (C=O) groups is 2. The van der Waals surface area contributed by atoms with Gasteiger partial charge in [-0.2, -0.15) is 0 Å². The largest absolute Gasteiger partial charge is 0.444 e. The number of aromatic amines is 1. The Labute approximate surface area is 221 Å². The number of rotatable bonds is 9. The highest BCUT2D eigenvalue weighted by Crippen LogP contribution is 2.19. The molecular weight excluding hydrogens is 484 g/mol. The Bertz CT molecular complexity index is 1460. The summed E-state index contributed by atoms with van der Waals surface area (Å²) < 4.78 is 9.71. The van der Waals surface area contributed by atoms with Crippen LogP contribution in [-0.2, 0) is 30.8 Å². The third kappa shape index (κ3) is 5.87. The Kier molecular flexibility index (Phi) is 7.84. The molecule has 2 amide bonds. The van der Waals surface area contributed by atoms with Crippen molar-refractivity contribution < 1.29 is 18.9 Å². The van der Waals surface area contributed by atoms with E-state index in [9.17, 15) is 9.59 Å². The van der Waals surface area contributed by atoms with Crippen molar-refractivity contribution in [2.75, 3.05) is 12.3 Å². The molecule has 4 aromatic rings. The van der Waals surface area contributed by atoms with Crippen LogP contribution >= 0.6 is 0 Å². The van der Waals surface area contributed by atoms with Gasteiger partial charge in [0.25, 0.3) is 11.7 Å². The summed E-state index contributed by atoms with van der Waals surface area (Å²) in [6, 6.07) is 8.18. The number of benzene rings is 1. The van der Waals surface area contributed by atoms with Crippen LogP contribution in [0.1, 0.15) is 62.9 Å². The first-order valence-corrected chi connectivity index (χ1v) is 13.0. The lowest BCUT2D eigenvalue weighted by molar-refractivity contribution is -0.676. The van der Waals surface area contributed by atoms with E-state index in [1.807, 2.05) is 20.8 Å². The number of nitrogen functional groups attached to an aromatic ring is 1. The number of hydrogen-bond donors (Lipinski definition) is 4. The van der Waals surface area contributed by atoms with Crippen LogP contribution in [0.2, 0.25) is 0 Å². The Morgan fingerprint density at radius 1 is 1.16 bits per heavy atom. The molecule has 0 saturated heterocycles. The van der Waals surface area contributed by atoms with Gasteiger partial charge in [-0.1, -0.05) is 6.07 Å². The molecule has 0 atom stereocenters. The maximum atomic E-state index is 13.0. The molecule has 202 valence electrons. The van der Waals surface area contributed by atoms with Gasteiger partial charge in [0.1, 0.15) is 17.7 Å². The molecule has 0 aliphatic heterocycles. The number of nitrogens with one attached hydrogen (secondary N) is 3. The van der Waals surface area contributed by atoms with E-state index < -0.39 is 11.7 Å². The highest BCUT2D eigenvalue weighted by Gasteiger charge is 2.25. The SMILES string of the molecule is CCn1c(CNC(=O)c2nc3cc[nH]c3nc2N)[n+](CC)c2ccc(CCCNC(=O)OC(C)(C)C)cc21. The van der Waals surface area contributed by atoms with Gasteiger partial charge in [0.05, 0.1) is 13.1 Å². The number of ether oxygens (including phenoxy) is 1. The lowest BCUT2D eigenvalue weighted by Crippen LogP contribution is -2.40. The summed E-state index contributed by atoms with van der Waals surface area (Å²) in [7, 11) is 0. The summed E-state index contributed by atoms with van der Waals surface area (Å²) in [6.07, 6.45) is 2.92. The summed E-state index contributed by atoms with van der Waals surface area (Å²) in [5.41, 5.74) is 10.1. The fourth-order valence-corrected chi connectivity index (χ4v) is 4.58. The van der Waals surface area contributed by atoms with Gasteiger partial charge >= 0.3 is 6.09 Å². The van der Waals surface area contributed by atoms with Crippen molar-refractivity contribution in [1.29, 1.82) is 0 Å². The third-order valence-corrected chi connectivity index (χ3v) is 6.22. The van der Waals surface area contributed by atoms with Crippen molar-refractivity contribution in [3.8, 4) is 0 Å².